The average molecular weight is 810 g/mol. The monoisotopic (exact) mass is 809 g/mol. The van der Waals surface area contributed by atoms with Gasteiger partial charge in [0.2, 0.25) is 0 Å². The summed E-state index contributed by atoms with van der Waals surface area (Å²) in [5.74, 6) is 1.77. The molecule has 0 unspecified atom stereocenters. The number of fused-ring (bicyclic) bond motifs is 7. The molecule has 8 aromatic carbocycles. The number of para-hydroxylation sites is 2. The molecule has 6 heteroatoms. The predicted octanol–water partition coefficient (Wildman–Crippen LogP) is 14.7. The Balaban J connectivity index is 1.13. The van der Waals surface area contributed by atoms with Crippen molar-refractivity contribution in [1.29, 1.82) is 0 Å². The van der Waals surface area contributed by atoms with E-state index >= 15 is 0 Å². The molecule has 4 heterocycles. The zero-order valence-electron chi connectivity index (χ0n) is 33.4. The fourth-order valence-electron chi connectivity index (χ4n) is 8.83. The van der Waals surface area contributed by atoms with Crippen LogP contribution in [0.25, 0.3) is 115 Å². The lowest BCUT2D eigenvalue weighted by molar-refractivity contribution is 1.07. The highest BCUT2D eigenvalue weighted by atomic mass is 32.1. The Morgan fingerprint density at radius 2 is 0.952 bits per heavy atom. The zero-order valence-corrected chi connectivity index (χ0v) is 34.2. The second kappa shape index (κ2) is 14.9. The molecule has 5 nitrogen and oxygen atoms in total. The van der Waals surface area contributed by atoms with Crippen LogP contribution in [-0.2, 0) is 0 Å². The van der Waals surface area contributed by atoms with Crippen LogP contribution in [0, 0.1) is 0 Å². The van der Waals surface area contributed by atoms with E-state index in [0.29, 0.717) is 17.5 Å². The van der Waals surface area contributed by atoms with Crippen molar-refractivity contribution in [2.24, 2.45) is 0 Å². The molecule has 0 atom stereocenters. The van der Waals surface area contributed by atoms with E-state index in [-0.39, 0.29) is 0 Å². The molecule has 0 fully saturated rings. The highest BCUT2D eigenvalue weighted by Crippen LogP contribution is 2.47. The first-order chi connectivity index (χ1) is 30.7. The van der Waals surface area contributed by atoms with Gasteiger partial charge in [0.1, 0.15) is 0 Å². The van der Waals surface area contributed by atoms with Crippen LogP contribution < -0.4 is 0 Å². The van der Waals surface area contributed by atoms with E-state index in [1.165, 1.54) is 42.0 Å². The Morgan fingerprint density at radius 3 is 1.66 bits per heavy atom. The van der Waals surface area contributed by atoms with Crippen LogP contribution in [0.1, 0.15) is 0 Å². The van der Waals surface area contributed by atoms with Crippen LogP contribution in [0.4, 0.5) is 0 Å². The molecule has 4 aromatic heterocycles. The highest BCUT2D eigenvalue weighted by molar-refractivity contribution is 7.27. The average Bonchev–Trinajstić information content (AvgIpc) is 3.91. The molecule has 290 valence electrons. The summed E-state index contributed by atoms with van der Waals surface area (Å²) in [6.07, 6.45) is 2.00. The summed E-state index contributed by atoms with van der Waals surface area (Å²) in [5.41, 5.74) is 12.4. The second-order valence-corrected chi connectivity index (χ2v) is 16.5. The number of aromatic nitrogens is 5. The van der Waals surface area contributed by atoms with E-state index in [4.69, 9.17) is 19.9 Å². The molecule has 0 N–H and O–H groups in total. The van der Waals surface area contributed by atoms with Gasteiger partial charge in [-0.2, -0.15) is 0 Å². The lowest BCUT2D eigenvalue weighted by atomic mass is 9.95. The van der Waals surface area contributed by atoms with Gasteiger partial charge >= 0.3 is 0 Å². The van der Waals surface area contributed by atoms with Gasteiger partial charge in [-0.1, -0.05) is 164 Å². The number of benzene rings is 8. The summed E-state index contributed by atoms with van der Waals surface area (Å²) in [4.78, 5) is 21.0. The number of nitrogens with zero attached hydrogens (tertiary/aromatic N) is 5. The van der Waals surface area contributed by atoms with Crippen molar-refractivity contribution >= 4 is 53.3 Å². The zero-order chi connectivity index (χ0) is 41.0. The molecule has 0 radical (unpaired) electrons. The number of rotatable bonds is 7. The summed E-state index contributed by atoms with van der Waals surface area (Å²) in [7, 11) is 0. The van der Waals surface area contributed by atoms with Crippen molar-refractivity contribution in [1.82, 2.24) is 24.5 Å². The molecule has 12 aromatic rings. The summed E-state index contributed by atoms with van der Waals surface area (Å²) in [6.45, 7) is 0. The number of hydrogen-bond donors (Lipinski definition) is 0. The van der Waals surface area contributed by atoms with Gasteiger partial charge in [-0.3, -0.25) is 4.98 Å². The first-order valence-corrected chi connectivity index (χ1v) is 21.5. The molecular formula is C56H35N5S. The van der Waals surface area contributed by atoms with E-state index < -0.39 is 0 Å². The summed E-state index contributed by atoms with van der Waals surface area (Å²) >= 11 is 1.84. The first kappa shape index (κ1) is 35.8. The minimum Gasteiger partial charge on any atom is -0.309 e. The molecule has 0 bridgehead atoms. The normalized spacial score (nSPS) is 11.5. The molecule has 0 saturated heterocycles. The van der Waals surface area contributed by atoms with Crippen LogP contribution in [0.5, 0.6) is 0 Å². The highest BCUT2D eigenvalue weighted by Gasteiger charge is 2.23. The number of pyridine rings is 1. The van der Waals surface area contributed by atoms with E-state index in [0.717, 1.165) is 55.9 Å². The van der Waals surface area contributed by atoms with Gasteiger partial charge in [-0.05, 0) is 59.2 Å². The maximum absolute atomic E-state index is 5.40. The van der Waals surface area contributed by atoms with E-state index in [9.17, 15) is 0 Å². The summed E-state index contributed by atoms with van der Waals surface area (Å²) in [5, 5.41) is 4.85. The van der Waals surface area contributed by atoms with Crippen molar-refractivity contribution < 1.29 is 0 Å². The maximum atomic E-state index is 5.40. The quantitative estimate of drug-likeness (QED) is 0.161. The van der Waals surface area contributed by atoms with Gasteiger partial charge in [0, 0.05) is 70.6 Å². The smallest absolute Gasteiger partial charge is 0.166 e. The number of thiophene rings is 1. The van der Waals surface area contributed by atoms with Gasteiger partial charge in [0.15, 0.2) is 17.5 Å². The molecule has 0 spiro atoms. The van der Waals surface area contributed by atoms with Gasteiger partial charge in [0.05, 0.1) is 16.7 Å². The van der Waals surface area contributed by atoms with Gasteiger partial charge in [-0.25, -0.2) is 15.0 Å². The number of hydrogen-bond acceptors (Lipinski definition) is 5. The van der Waals surface area contributed by atoms with Crippen LogP contribution in [0.2, 0.25) is 0 Å². The van der Waals surface area contributed by atoms with Crippen molar-refractivity contribution in [3.63, 3.8) is 0 Å². The van der Waals surface area contributed by atoms with Gasteiger partial charge in [-0.15, -0.1) is 11.3 Å². The van der Waals surface area contributed by atoms with Crippen LogP contribution >= 0.6 is 11.3 Å². The Bertz CT molecular complexity index is 3560. The molecular weight excluding hydrogens is 775 g/mol. The Morgan fingerprint density at radius 1 is 0.371 bits per heavy atom. The van der Waals surface area contributed by atoms with Crippen molar-refractivity contribution in [3.05, 3.63) is 212 Å². The van der Waals surface area contributed by atoms with Gasteiger partial charge in [0.25, 0.3) is 0 Å². The molecule has 62 heavy (non-hydrogen) atoms. The second-order valence-electron chi connectivity index (χ2n) is 15.4. The van der Waals surface area contributed by atoms with Gasteiger partial charge < -0.3 is 4.57 Å². The Kier molecular flexibility index (Phi) is 8.61. The largest absolute Gasteiger partial charge is 0.309 e. The van der Waals surface area contributed by atoms with Crippen LogP contribution in [-0.4, -0.2) is 24.5 Å². The first-order valence-electron chi connectivity index (χ1n) is 20.7. The van der Waals surface area contributed by atoms with Crippen molar-refractivity contribution in [3.8, 4) is 73.4 Å². The van der Waals surface area contributed by atoms with Crippen molar-refractivity contribution in [2.45, 2.75) is 0 Å². The molecule has 0 saturated carbocycles. The summed E-state index contributed by atoms with van der Waals surface area (Å²) < 4.78 is 4.83. The minimum absolute atomic E-state index is 0.561. The molecule has 12 rings (SSSR count). The van der Waals surface area contributed by atoms with E-state index in [2.05, 4.69) is 144 Å². The minimum atomic E-state index is 0.561. The third-order valence-electron chi connectivity index (χ3n) is 11.7. The van der Waals surface area contributed by atoms with Crippen LogP contribution in [0.15, 0.2) is 212 Å². The van der Waals surface area contributed by atoms with Crippen molar-refractivity contribution in [2.75, 3.05) is 0 Å². The maximum Gasteiger partial charge on any atom is 0.166 e. The Labute approximate surface area is 361 Å². The summed E-state index contributed by atoms with van der Waals surface area (Å²) in [6, 6.07) is 72.2. The lowest BCUT2D eigenvalue weighted by Crippen LogP contribution is -2.02. The predicted molar refractivity (Wildman–Crippen MR) is 257 cm³/mol. The molecule has 0 aliphatic heterocycles. The van der Waals surface area contributed by atoms with Crippen LogP contribution in [0.3, 0.4) is 0 Å². The fourth-order valence-corrected chi connectivity index (χ4v) is 10.1. The fraction of sp³-hybridized carbons (Fsp3) is 0. The topological polar surface area (TPSA) is 56.5 Å². The molecule has 0 aliphatic carbocycles. The van der Waals surface area contributed by atoms with E-state index in [1.54, 1.807) is 0 Å². The molecule has 0 aliphatic rings. The van der Waals surface area contributed by atoms with E-state index in [1.807, 2.05) is 84.3 Å². The molecule has 0 amide bonds. The third-order valence-corrected chi connectivity index (χ3v) is 12.9. The standard InChI is InChI=1S/C56H35N5S/c1-5-17-36(18-6-1)39-23-15-24-40(33-39)41-34-46(56-59-54(37-19-7-2-8-20-37)58-55(60-56)38-21-9-3-10-22-38)52(57-35-41)44-28-16-30-49-50(44)45-31-32-48-51(53(45)62-49)43-27-13-14-29-47(43)61(48)42-25-11-4-12-26-42/h1-35H. The SMILES string of the molecule is c1ccc(-c2cccc(-c3cnc(-c4cccc5sc6c(ccc7c6c6ccccc6n7-c6ccccc6)c45)c(-c4nc(-c5ccccc5)nc(-c5ccccc5)n4)c3)c2)cc1. The lowest BCUT2D eigenvalue weighted by Gasteiger charge is -2.14. The Hall–Kier alpha value is -8.06. The third kappa shape index (κ3) is 6.08.